The Balaban J connectivity index is 2.07. The van der Waals surface area contributed by atoms with Crippen molar-refractivity contribution in [1.82, 2.24) is 0 Å². The zero-order chi connectivity index (χ0) is 15.4. The number of rotatable bonds is 5. The van der Waals surface area contributed by atoms with Gasteiger partial charge in [0.05, 0.1) is 5.56 Å². The lowest BCUT2D eigenvalue weighted by molar-refractivity contribution is 0.0692. The van der Waals surface area contributed by atoms with Gasteiger partial charge < -0.3 is 10.4 Å². The van der Waals surface area contributed by atoms with Crippen LogP contribution in [0.5, 0.6) is 0 Å². The number of aromatic carboxylic acids is 1. The zero-order valence-electron chi connectivity index (χ0n) is 11.4. The van der Waals surface area contributed by atoms with E-state index in [2.05, 4.69) is 5.32 Å². The van der Waals surface area contributed by atoms with Crippen molar-refractivity contribution in [3.63, 3.8) is 0 Å². The fourth-order valence-electron chi connectivity index (χ4n) is 2.13. The molecule has 0 amide bonds. The van der Waals surface area contributed by atoms with Crippen molar-refractivity contribution >= 4 is 11.7 Å². The Morgan fingerprint density at radius 2 is 2.00 bits per heavy atom. The van der Waals surface area contributed by atoms with Gasteiger partial charge in [0.25, 0.3) is 0 Å². The third-order valence-electron chi connectivity index (χ3n) is 3.04. The van der Waals surface area contributed by atoms with E-state index in [1.807, 2.05) is 13.0 Å². The van der Waals surface area contributed by atoms with Crippen LogP contribution in [0.2, 0.25) is 0 Å². The van der Waals surface area contributed by atoms with Crippen LogP contribution in [0.1, 0.15) is 22.8 Å². The second kappa shape index (κ2) is 6.35. The molecule has 2 N–H and O–H groups in total. The number of hydrogen-bond donors (Lipinski definition) is 2. The second-order valence-electron chi connectivity index (χ2n) is 4.88. The predicted octanol–water partition coefficient (Wildman–Crippen LogP) is 3.71. The Morgan fingerprint density at radius 3 is 2.67 bits per heavy atom. The number of anilines is 1. The third-order valence-corrected chi connectivity index (χ3v) is 3.04. The molecule has 0 saturated heterocycles. The monoisotopic (exact) mass is 291 g/mol. The molecule has 1 atom stereocenters. The fourth-order valence-corrected chi connectivity index (χ4v) is 2.13. The highest BCUT2D eigenvalue weighted by molar-refractivity contribution is 5.89. The minimum Gasteiger partial charge on any atom is -0.478 e. The van der Waals surface area contributed by atoms with Crippen LogP contribution in [-0.2, 0) is 6.42 Å². The maximum absolute atomic E-state index is 13.3. The first kappa shape index (κ1) is 15.0. The molecule has 0 radical (unpaired) electrons. The molecule has 2 aromatic carbocycles. The van der Waals surface area contributed by atoms with Crippen molar-refractivity contribution in [2.45, 2.75) is 19.4 Å². The first-order valence-electron chi connectivity index (χ1n) is 6.49. The van der Waals surface area contributed by atoms with Gasteiger partial charge in [0, 0.05) is 11.7 Å². The van der Waals surface area contributed by atoms with E-state index in [1.165, 1.54) is 24.3 Å². The Kier molecular flexibility index (Phi) is 4.52. The molecule has 0 aliphatic heterocycles. The van der Waals surface area contributed by atoms with Crippen LogP contribution in [0, 0.1) is 11.6 Å². The molecule has 0 aliphatic rings. The molecular weight excluding hydrogens is 276 g/mol. The van der Waals surface area contributed by atoms with Crippen molar-refractivity contribution in [3.8, 4) is 0 Å². The van der Waals surface area contributed by atoms with Crippen LogP contribution in [0.25, 0.3) is 0 Å². The zero-order valence-corrected chi connectivity index (χ0v) is 11.4. The summed E-state index contributed by atoms with van der Waals surface area (Å²) < 4.78 is 26.4. The summed E-state index contributed by atoms with van der Waals surface area (Å²) in [4.78, 5) is 10.9. The molecule has 0 saturated carbocycles. The van der Waals surface area contributed by atoms with Gasteiger partial charge in [-0.3, -0.25) is 0 Å². The molecule has 0 spiro atoms. The smallest absolute Gasteiger partial charge is 0.338 e. The molecule has 0 aromatic heterocycles. The van der Waals surface area contributed by atoms with Crippen LogP contribution in [0.3, 0.4) is 0 Å². The van der Waals surface area contributed by atoms with E-state index in [1.54, 1.807) is 6.07 Å². The quantitative estimate of drug-likeness (QED) is 0.883. The van der Waals surface area contributed by atoms with Crippen LogP contribution in [-0.4, -0.2) is 17.1 Å². The van der Waals surface area contributed by atoms with E-state index < -0.39 is 11.8 Å². The van der Waals surface area contributed by atoms with Gasteiger partial charge in [0.1, 0.15) is 11.6 Å². The number of halogens is 2. The maximum Gasteiger partial charge on any atom is 0.338 e. The van der Waals surface area contributed by atoms with Crippen molar-refractivity contribution in [1.29, 1.82) is 0 Å². The molecular formula is C16H15F2NO2. The number of carboxylic acids is 1. The summed E-state index contributed by atoms with van der Waals surface area (Å²) in [6.07, 6.45) is 0.567. The average molecular weight is 291 g/mol. The van der Waals surface area contributed by atoms with Crippen LogP contribution >= 0.6 is 0 Å². The lowest BCUT2D eigenvalue weighted by Crippen LogP contribution is -2.18. The standard InChI is InChI=1S/C16H15F2NO2/c1-10(7-11-3-2-4-12(17)8-11)19-13-5-6-15(18)14(9-13)16(20)21/h2-6,8-10,19H,7H2,1H3,(H,20,21). The molecule has 0 fully saturated rings. The van der Waals surface area contributed by atoms with Gasteiger partial charge in [0.2, 0.25) is 0 Å². The van der Waals surface area contributed by atoms with Gasteiger partial charge in [-0.1, -0.05) is 12.1 Å². The lowest BCUT2D eigenvalue weighted by atomic mass is 10.1. The van der Waals surface area contributed by atoms with E-state index in [9.17, 15) is 13.6 Å². The van der Waals surface area contributed by atoms with Gasteiger partial charge in [-0.2, -0.15) is 0 Å². The van der Waals surface area contributed by atoms with Gasteiger partial charge in [-0.25, -0.2) is 13.6 Å². The Morgan fingerprint density at radius 1 is 1.24 bits per heavy atom. The molecule has 2 rings (SSSR count). The predicted molar refractivity (Wildman–Crippen MR) is 76.5 cm³/mol. The molecule has 0 bridgehead atoms. The topological polar surface area (TPSA) is 49.3 Å². The van der Waals surface area contributed by atoms with E-state index in [-0.39, 0.29) is 17.4 Å². The maximum atomic E-state index is 13.3. The second-order valence-corrected chi connectivity index (χ2v) is 4.88. The molecule has 0 aliphatic carbocycles. The van der Waals surface area contributed by atoms with Gasteiger partial charge >= 0.3 is 5.97 Å². The Hall–Kier alpha value is -2.43. The number of nitrogens with one attached hydrogen (secondary N) is 1. The SMILES string of the molecule is CC(Cc1cccc(F)c1)Nc1ccc(F)c(C(=O)O)c1. The Bertz CT molecular complexity index is 658. The molecule has 3 nitrogen and oxygen atoms in total. The van der Waals surface area contributed by atoms with Crippen LogP contribution < -0.4 is 5.32 Å². The molecule has 110 valence electrons. The van der Waals surface area contributed by atoms with Crippen molar-refractivity contribution in [2.24, 2.45) is 0 Å². The summed E-state index contributed by atoms with van der Waals surface area (Å²) in [5, 5.41) is 12.0. The normalized spacial score (nSPS) is 12.0. The van der Waals surface area contributed by atoms with Crippen LogP contribution in [0.15, 0.2) is 42.5 Å². The van der Waals surface area contributed by atoms with Gasteiger partial charge in [0.15, 0.2) is 0 Å². The molecule has 21 heavy (non-hydrogen) atoms. The third kappa shape index (κ3) is 4.02. The minimum atomic E-state index is -1.31. The first-order valence-corrected chi connectivity index (χ1v) is 6.49. The molecule has 5 heteroatoms. The van der Waals surface area contributed by atoms with Gasteiger partial charge in [-0.05, 0) is 49.2 Å². The summed E-state index contributed by atoms with van der Waals surface area (Å²) >= 11 is 0. The average Bonchev–Trinajstić information content (AvgIpc) is 2.40. The van der Waals surface area contributed by atoms with E-state index in [0.29, 0.717) is 12.1 Å². The van der Waals surface area contributed by atoms with E-state index in [0.717, 1.165) is 11.6 Å². The van der Waals surface area contributed by atoms with Crippen molar-refractivity contribution in [3.05, 3.63) is 65.2 Å². The highest BCUT2D eigenvalue weighted by atomic mass is 19.1. The summed E-state index contributed by atoms with van der Waals surface area (Å²) in [5.74, 6) is -2.38. The van der Waals surface area contributed by atoms with Gasteiger partial charge in [-0.15, -0.1) is 0 Å². The highest BCUT2D eigenvalue weighted by Gasteiger charge is 2.12. The molecule has 2 aromatic rings. The van der Waals surface area contributed by atoms with Crippen LogP contribution in [0.4, 0.5) is 14.5 Å². The minimum absolute atomic E-state index is 0.0566. The number of benzene rings is 2. The van der Waals surface area contributed by atoms with Crippen molar-refractivity contribution in [2.75, 3.05) is 5.32 Å². The summed E-state index contributed by atoms with van der Waals surface area (Å²) in [7, 11) is 0. The summed E-state index contributed by atoms with van der Waals surface area (Å²) in [5.41, 5.74) is 0.964. The van der Waals surface area contributed by atoms with E-state index in [4.69, 9.17) is 5.11 Å². The number of carbonyl (C=O) groups is 1. The summed E-state index contributed by atoms with van der Waals surface area (Å²) in [6, 6.07) is 10.1. The first-order chi connectivity index (χ1) is 9.95. The largest absolute Gasteiger partial charge is 0.478 e. The highest BCUT2D eigenvalue weighted by Crippen LogP contribution is 2.17. The molecule has 1 unspecified atom stereocenters. The lowest BCUT2D eigenvalue weighted by Gasteiger charge is -2.16. The molecule has 0 heterocycles. The Labute approximate surface area is 121 Å². The fraction of sp³-hybridized carbons (Fsp3) is 0.188. The summed E-state index contributed by atoms with van der Waals surface area (Å²) in [6.45, 7) is 1.88. The number of hydrogen-bond acceptors (Lipinski definition) is 2. The van der Waals surface area contributed by atoms with Crippen molar-refractivity contribution < 1.29 is 18.7 Å². The number of carboxylic acid groups (broad SMARTS) is 1. The van der Waals surface area contributed by atoms with E-state index >= 15 is 0 Å².